The first-order valence-corrected chi connectivity index (χ1v) is 8.00. The molecule has 1 saturated heterocycles. The van der Waals surface area contributed by atoms with Crippen LogP contribution in [0.25, 0.3) is 0 Å². The second kappa shape index (κ2) is 7.25. The van der Waals surface area contributed by atoms with Crippen molar-refractivity contribution in [3.8, 4) is 0 Å². The number of rotatable bonds is 4. The molecule has 110 valence electrons. The molecule has 19 heavy (non-hydrogen) atoms. The highest BCUT2D eigenvalue weighted by Gasteiger charge is 2.27. The zero-order chi connectivity index (χ0) is 13.7. The van der Waals surface area contributed by atoms with E-state index in [9.17, 15) is 4.79 Å². The first kappa shape index (κ1) is 14.8. The van der Waals surface area contributed by atoms with Gasteiger partial charge in [-0.1, -0.05) is 26.2 Å². The summed E-state index contributed by atoms with van der Waals surface area (Å²) in [6, 6.07) is 0.810. The largest absolute Gasteiger partial charge is 0.352 e. The Bertz CT molecular complexity index is 281. The third kappa shape index (κ3) is 4.18. The van der Waals surface area contributed by atoms with E-state index < -0.39 is 0 Å². The van der Waals surface area contributed by atoms with E-state index in [2.05, 4.69) is 10.2 Å². The summed E-state index contributed by atoms with van der Waals surface area (Å²) in [6.45, 7) is 4.23. The minimum Gasteiger partial charge on any atom is -0.352 e. The summed E-state index contributed by atoms with van der Waals surface area (Å²) >= 11 is 0. The first-order chi connectivity index (χ1) is 9.20. The van der Waals surface area contributed by atoms with Crippen LogP contribution in [0, 0.1) is 0 Å². The highest BCUT2D eigenvalue weighted by Crippen LogP contribution is 2.25. The fourth-order valence-electron chi connectivity index (χ4n) is 3.35. The zero-order valence-corrected chi connectivity index (χ0v) is 12.2. The van der Waals surface area contributed by atoms with Gasteiger partial charge in [0, 0.05) is 25.2 Å². The van der Waals surface area contributed by atoms with E-state index in [0.717, 1.165) is 32.0 Å². The van der Waals surface area contributed by atoms with E-state index in [1.165, 1.54) is 32.1 Å². The summed E-state index contributed by atoms with van der Waals surface area (Å²) in [4.78, 5) is 14.4. The first-order valence-electron chi connectivity index (χ1n) is 8.00. The Morgan fingerprint density at radius 3 is 2.42 bits per heavy atom. The van der Waals surface area contributed by atoms with Crippen molar-refractivity contribution < 1.29 is 4.79 Å². The second-order valence-corrected chi connectivity index (χ2v) is 6.13. The number of carbonyl (C=O) groups is 1. The zero-order valence-electron chi connectivity index (χ0n) is 12.2. The summed E-state index contributed by atoms with van der Waals surface area (Å²) in [5.74, 6) is 0.0265. The Morgan fingerprint density at radius 2 is 1.84 bits per heavy atom. The molecule has 1 aliphatic carbocycles. The Balaban J connectivity index is 1.71. The summed E-state index contributed by atoms with van der Waals surface area (Å²) < 4.78 is 0. The smallest absolute Gasteiger partial charge is 0.237 e. The number of piperidine rings is 1. The molecule has 0 aromatic carbocycles. The van der Waals surface area contributed by atoms with Crippen molar-refractivity contribution in [2.24, 2.45) is 5.73 Å². The van der Waals surface area contributed by atoms with Gasteiger partial charge in [-0.3, -0.25) is 4.79 Å². The number of nitrogens with one attached hydrogen (secondary N) is 1. The van der Waals surface area contributed by atoms with Gasteiger partial charge in [-0.2, -0.15) is 0 Å². The van der Waals surface area contributed by atoms with Gasteiger partial charge in [0.15, 0.2) is 0 Å². The molecule has 0 aromatic rings. The third-order valence-corrected chi connectivity index (χ3v) is 4.74. The maximum Gasteiger partial charge on any atom is 0.237 e. The van der Waals surface area contributed by atoms with Crippen molar-refractivity contribution in [3.05, 3.63) is 0 Å². The maximum atomic E-state index is 11.8. The molecule has 0 bridgehead atoms. The van der Waals surface area contributed by atoms with E-state index in [1.807, 2.05) is 6.92 Å². The fourth-order valence-corrected chi connectivity index (χ4v) is 3.35. The standard InChI is InChI=1S/C15H29N3O/c1-2-14(16)15(19)17-12-8-10-18(11-9-12)13-6-4-3-5-7-13/h12-14H,2-11,16H2,1H3,(H,17,19)/t14-/m0/s1. The van der Waals surface area contributed by atoms with Gasteiger partial charge in [-0.25, -0.2) is 0 Å². The van der Waals surface area contributed by atoms with Crippen molar-refractivity contribution in [1.29, 1.82) is 0 Å². The summed E-state index contributed by atoms with van der Waals surface area (Å²) in [6.07, 6.45) is 9.83. The van der Waals surface area contributed by atoms with E-state index in [-0.39, 0.29) is 11.9 Å². The molecule has 4 nitrogen and oxygen atoms in total. The molecule has 4 heteroatoms. The number of hydrogen-bond acceptors (Lipinski definition) is 3. The number of nitrogens with zero attached hydrogens (tertiary/aromatic N) is 1. The van der Waals surface area contributed by atoms with Gasteiger partial charge in [0.2, 0.25) is 5.91 Å². The van der Waals surface area contributed by atoms with Crippen LogP contribution in [0.5, 0.6) is 0 Å². The van der Waals surface area contributed by atoms with Gasteiger partial charge >= 0.3 is 0 Å². The van der Waals surface area contributed by atoms with Gasteiger partial charge in [-0.15, -0.1) is 0 Å². The van der Waals surface area contributed by atoms with Crippen LogP contribution in [-0.2, 0) is 4.79 Å². The van der Waals surface area contributed by atoms with Gasteiger partial charge < -0.3 is 16.0 Å². The number of amides is 1. The molecule has 0 aromatic heterocycles. The minimum absolute atomic E-state index is 0.0265. The quantitative estimate of drug-likeness (QED) is 0.814. The SMILES string of the molecule is CC[C@H](N)C(=O)NC1CCN(C2CCCCC2)CC1. The monoisotopic (exact) mass is 267 g/mol. The normalized spacial score (nSPS) is 25.2. The van der Waals surface area contributed by atoms with Crippen molar-refractivity contribution in [2.45, 2.75) is 76.4 Å². The van der Waals surface area contributed by atoms with Gasteiger partial charge in [0.25, 0.3) is 0 Å². The van der Waals surface area contributed by atoms with Crippen LogP contribution in [-0.4, -0.2) is 42.0 Å². The molecule has 1 heterocycles. The molecule has 2 aliphatic rings. The van der Waals surface area contributed by atoms with Crippen LogP contribution < -0.4 is 11.1 Å². The van der Waals surface area contributed by atoms with Crippen LogP contribution >= 0.6 is 0 Å². The lowest BCUT2D eigenvalue weighted by Gasteiger charge is -2.39. The molecule has 2 fully saturated rings. The molecular weight excluding hydrogens is 238 g/mol. The molecule has 0 unspecified atom stereocenters. The van der Waals surface area contributed by atoms with Crippen molar-refractivity contribution in [1.82, 2.24) is 10.2 Å². The van der Waals surface area contributed by atoms with E-state index >= 15 is 0 Å². The Hall–Kier alpha value is -0.610. The summed E-state index contributed by atoms with van der Waals surface area (Å²) in [5, 5.41) is 3.10. The molecule has 3 N–H and O–H groups in total. The van der Waals surface area contributed by atoms with E-state index in [1.54, 1.807) is 0 Å². The lowest BCUT2D eigenvalue weighted by molar-refractivity contribution is -0.123. The summed E-state index contributed by atoms with van der Waals surface area (Å²) in [5.41, 5.74) is 5.76. The van der Waals surface area contributed by atoms with Crippen molar-refractivity contribution in [2.75, 3.05) is 13.1 Å². The Kier molecular flexibility index (Phi) is 5.64. The predicted molar refractivity (Wildman–Crippen MR) is 77.9 cm³/mol. The molecule has 2 rings (SSSR count). The molecule has 1 amide bonds. The van der Waals surface area contributed by atoms with Gasteiger partial charge in [0.05, 0.1) is 6.04 Å². The van der Waals surface area contributed by atoms with Crippen LogP contribution in [0.2, 0.25) is 0 Å². The number of nitrogens with two attached hydrogens (primary N) is 1. The van der Waals surface area contributed by atoms with E-state index in [0.29, 0.717) is 12.5 Å². The average molecular weight is 267 g/mol. The Labute approximate surface area is 117 Å². The number of carbonyl (C=O) groups excluding carboxylic acids is 1. The van der Waals surface area contributed by atoms with Crippen LogP contribution in [0.15, 0.2) is 0 Å². The number of likely N-dealkylation sites (tertiary alicyclic amines) is 1. The molecule has 0 radical (unpaired) electrons. The second-order valence-electron chi connectivity index (χ2n) is 6.13. The average Bonchev–Trinajstić information content (AvgIpc) is 2.48. The minimum atomic E-state index is -0.337. The molecule has 1 saturated carbocycles. The summed E-state index contributed by atoms with van der Waals surface area (Å²) in [7, 11) is 0. The van der Waals surface area contributed by atoms with Crippen LogP contribution in [0.3, 0.4) is 0 Å². The molecule has 1 aliphatic heterocycles. The lowest BCUT2D eigenvalue weighted by atomic mass is 9.92. The van der Waals surface area contributed by atoms with Crippen molar-refractivity contribution in [3.63, 3.8) is 0 Å². The third-order valence-electron chi connectivity index (χ3n) is 4.74. The highest BCUT2D eigenvalue weighted by atomic mass is 16.2. The van der Waals surface area contributed by atoms with Crippen LogP contribution in [0.4, 0.5) is 0 Å². The number of hydrogen-bond donors (Lipinski definition) is 2. The highest BCUT2D eigenvalue weighted by molar-refractivity contribution is 5.81. The van der Waals surface area contributed by atoms with Crippen LogP contribution in [0.1, 0.15) is 58.3 Å². The maximum absolute atomic E-state index is 11.8. The fraction of sp³-hybridized carbons (Fsp3) is 0.933. The van der Waals surface area contributed by atoms with Gasteiger partial charge in [0.1, 0.15) is 0 Å². The molecule has 0 spiro atoms. The van der Waals surface area contributed by atoms with Gasteiger partial charge in [-0.05, 0) is 32.1 Å². The Morgan fingerprint density at radius 1 is 1.21 bits per heavy atom. The topological polar surface area (TPSA) is 58.4 Å². The lowest BCUT2D eigenvalue weighted by Crippen LogP contribution is -2.51. The molecule has 1 atom stereocenters. The van der Waals surface area contributed by atoms with Crippen molar-refractivity contribution >= 4 is 5.91 Å². The predicted octanol–water partition coefficient (Wildman–Crippen LogP) is 1.64. The molecular formula is C15H29N3O. The van der Waals surface area contributed by atoms with E-state index in [4.69, 9.17) is 5.73 Å².